The Hall–Kier alpha value is -2.49. The summed E-state index contributed by atoms with van der Waals surface area (Å²) in [5.74, 6) is 0.737. The summed E-state index contributed by atoms with van der Waals surface area (Å²) in [4.78, 5) is 13.3. The molecule has 3 rings (SSSR count). The van der Waals surface area contributed by atoms with Gasteiger partial charge in [-0.1, -0.05) is 54.1 Å². The van der Waals surface area contributed by atoms with Crippen molar-refractivity contribution in [3.63, 3.8) is 0 Å². The van der Waals surface area contributed by atoms with E-state index in [4.69, 9.17) is 11.6 Å². The SMILES string of the molecule is O=C(/C=C/c1ccc(Cl)cc1)Nc1ccc(CSc2ccccc2)cc1. The van der Waals surface area contributed by atoms with Crippen LogP contribution in [0.15, 0.2) is 89.8 Å². The second kappa shape index (κ2) is 9.27. The Morgan fingerprint density at radius 2 is 1.62 bits per heavy atom. The molecule has 0 aliphatic rings. The minimum atomic E-state index is -0.161. The largest absolute Gasteiger partial charge is 0.323 e. The maximum absolute atomic E-state index is 12.0. The Morgan fingerprint density at radius 3 is 2.31 bits per heavy atom. The number of nitrogens with one attached hydrogen (secondary N) is 1. The molecule has 0 bridgehead atoms. The Bertz CT molecular complexity index is 874. The van der Waals surface area contributed by atoms with Crippen molar-refractivity contribution in [2.75, 3.05) is 5.32 Å². The molecule has 1 amide bonds. The highest BCUT2D eigenvalue weighted by Gasteiger charge is 2.00. The van der Waals surface area contributed by atoms with Gasteiger partial charge in [0.2, 0.25) is 5.91 Å². The van der Waals surface area contributed by atoms with Gasteiger partial charge >= 0.3 is 0 Å². The van der Waals surface area contributed by atoms with Crippen LogP contribution in [0, 0.1) is 0 Å². The lowest BCUT2D eigenvalue weighted by Gasteiger charge is -2.05. The third kappa shape index (κ3) is 5.80. The van der Waals surface area contributed by atoms with Crippen LogP contribution in [0.1, 0.15) is 11.1 Å². The molecular weight excluding hydrogens is 362 g/mol. The normalized spacial score (nSPS) is 10.8. The van der Waals surface area contributed by atoms with E-state index >= 15 is 0 Å². The van der Waals surface area contributed by atoms with Gasteiger partial charge in [0.15, 0.2) is 0 Å². The smallest absolute Gasteiger partial charge is 0.248 e. The lowest BCUT2D eigenvalue weighted by molar-refractivity contribution is -0.111. The fraction of sp³-hybridized carbons (Fsp3) is 0.0455. The van der Waals surface area contributed by atoms with E-state index in [0.29, 0.717) is 5.02 Å². The lowest BCUT2D eigenvalue weighted by atomic mass is 10.2. The van der Waals surface area contributed by atoms with Crippen molar-refractivity contribution in [2.45, 2.75) is 10.6 Å². The maximum Gasteiger partial charge on any atom is 0.248 e. The molecule has 3 aromatic carbocycles. The molecule has 0 fully saturated rings. The summed E-state index contributed by atoms with van der Waals surface area (Å²) in [6.07, 6.45) is 3.28. The van der Waals surface area contributed by atoms with E-state index in [1.807, 2.05) is 54.6 Å². The summed E-state index contributed by atoms with van der Waals surface area (Å²) in [6.45, 7) is 0. The van der Waals surface area contributed by atoms with E-state index in [1.165, 1.54) is 16.5 Å². The lowest BCUT2D eigenvalue weighted by Crippen LogP contribution is -2.07. The topological polar surface area (TPSA) is 29.1 Å². The first-order valence-corrected chi connectivity index (χ1v) is 9.57. The minimum Gasteiger partial charge on any atom is -0.323 e. The van der Waals surface area contributed by atoms with Gasteiger partial charge in [-0.25, -0.2) is 0 Å². The van der Waals surface area contributed by atoms with Crippen LogP contribution in [-0.2, 0) is 10.5 Å². The number of carbonyl (C=O) groups is 1. The zero-order valence-corrected chi connectivity index (χ0v) is 15.6. The van der Waals surface area contributed by atoms with E-state index in [-0.39, 0.29) is 5.91 Å². The molecule has 0 radical (unpaired) electrons. The predicted molar refractivity (Wildman–Crippen MR) is 112 cm³/mol. The number of benzene rings is 3. The second-order valence-electron chi connectivity index (χ2n) is 5.67. The highest BCUT2D eigenvalue weighted by atomic mass is 35.5. The molecule has 4 heteroatoms. The van der Waals surface area contributed by atoms with Crippen molar-refractivity contribution in [1.82, 2.24) is 0 Å². The Balaban J connectivity index is 1.51. The molecule has 26 heavy (non-hydrogen) atoms. The Morgan fingerprint density at radius 1 is 0.923 bits per heavy atom. The Labute approximate surface area is 162 Å². The zero-order valence-electron chi connectivity index (χ0n) is 14.1. The van der Waals surface area contributed by atoms with Crippen molar-refractivity contribution in [2.24, 2.45) is 0 Å². The van der Waals surface area contributed by atoms with Crippen molar-refractivity contribution >= 4 is 41.0 Å². The monoisotopic (exact) mass is 379 g/mol. The first-order chi connectivity index (χ1) is 12.7. The Kier molecular flexibility index (Phi) is 6.53. The zero-order chi connectivity index (χ0) is 18.2. The van der Waals surface area contributed by atoms with Crippen LogP contribution in [0.3, 0.4) is 0 Å². The van der Waals surface area contributed by atoms with Crippen molar-refractivity contribution in [3.8, 4) is 0 Å². The highest BCUT2D eigenvalue weighted by Crippen LogP contribution is 2.23. The molecule has 130 valence electrons. The summed E-state index contributed by atoms with van der Waals surface area (Å²) in [7, 11) is 0. The van der Waals surface area contributed by atoms with Gasteiger partial charge in [-0.2, -0.15) is 0 Å². The molecule has 0 heterocycles. The molecule has 0 saturated heterocycles. The molecule has 0 saturated carbocycles. The number of anilines is 1. The van der Waals surface area contributed by atoms with Crippen LogP contribution >= 0.6 is 23.4 Å². The van der Waals surface area contributed by atoms with E-state index in [0.717, 1.165) is 17.0 Å². The number of carbonyl (C=O) groups excluding carboxylic acids is 1. The van der Waals surface area contributed by atoms with Crippen LogP contribution in [0.25, 0.3) is 6.08 Å². The molecule has 0 aliphatic heterocycles. The van der Waals surface area contributed by atoms with Gasteiger partial charge in [0.25, 0.3) is 0 Å². The second-order valence-corrected chi connectivity index (χ2v) is 7.16. The van der Waals surface area contributed by atoms with E-state index < -0.39 is 0 Å². The molecule has 0 aromatic heterocycles. The quantitative estimate of drug-likeness (QED) is 0.403. The van der Waals surface area contributed by atoms with Crippen molar-refractivity contribution in [1.29, 1.82) is 0 Å². The molecule has 0 aliphatic carbocycles. The van der Waals surface area contributed by atoms with Crippen molar-refractivity contribution in [3.05, 3.63) is 101 Å². The molecule has 0 unspecified atom stereocenters. The highest BCUT2D eigenvalue weighted by molar-refractivity contribution is 7.98. The van der Waals surface area contributed by atoms with Gasteiger partial charge in [0.1, 0.15) is 0 Å². The van der Waals surface area contributed by atoms with Gasteiger partial charge in [0, 0.05) is 27.4 Å². The number of thioether (sulfide) groups is 1. The average Bonchev–Trinajstić information content (AvgIpc) is 2.68. The first-order valence-electron chi connectivity index (χ1n) is 8.20. The summed E-state index contributed by atoms with van der Waals surface area (Å²) in [6, 6.07) is 25.6. The molecule has 0 spiro atoms. The number of amides is 1. The van der Waals surface area contributed by atoms with Crippen LogP contribution in [0.4, 0.5) is 5.69 Å². The molecule has 1 N–H and O–H groups in total. The van der Waals surface area contributed by atoms with Gasteiger partial charge < -0.3 is 5.32 Å². The van der Waals surface area contributed by atoms with E-state index in [9.17, 15) is 4.79 Å². The van der Waals surface area contributed by atoms with Gasteiger partial charge in [-0.05, 0) is 53.6 Å². The average molecular weight is 380 g/mol. The summed E-state index contributed by atoms with van der Waals surface area (Å²) >= 11 is 7.64. The number of hydrogen-bond acceptors (Lipinski definition) is 2. The van der Waals surface area contributed by atoms with E-state index in [2.05, 4.69) is 17.4 Å². The molecule has 3 aromatic rings. The fourth-order valence-electron chi connectivity index (χ4n) is 2.30. The molecule has 0 atom stereocenters. The number of rotatable bonds is 6. The van der Waals surface area contributed by atoms with Crippen LogP contribution < -0.4 is 5.32 Å². The van der Waals surface area contributed by atoms with Crippen LogP contribution in [-0.4, -0.2) is 5.91 Å². The standard InChI is InChI=1S/C22H18ClNOS/c23-19-11-6-17(7-12-19)10-15-22(25)24-20-13-8-18(9-14-20)16-26-21-4-2-1-3-5-21/h1-15H,16H2,(H,24,25)/b15-10+. The number of halogens is 1. The summed E-state index contributed by atoms with van der Waals surface area (Å²) < 4.78 is 0. The first kappa shape index (κ1) is 18.3. The van der Waals surface area contributed by atoms with Gasteiger partial charge in [-0.3, -0.25) is 4.79 Å². The van der Waals surface area contributed by atoms with E-state index in [1.54, 1.807) is 30.0 Å². The van der Waals surface area contributed by atoms with Gasteiger partial charge in [-0.15, -0.1) is 11.8 Å². The summed E-state index contributed by atoms with van der Waals surface area (Å²) in [5, 5.41) is 3.54. The van der Waals surface area contributed by atoms with Gasteiger partial charge in [0.05, 0.1) is 0 Å². The molecular formula is C22H18ClNOS. The minimum absolute atomic E-state index is 0.161. The van der Waals surface area contributed by atoms with Crippen molar-refractivity contribution < 1.29 is 4.79 Å². The number of hydrogen-bond donors (Lipinski definition) is 1. The fourth-order valence-corrected chi connectivity index (χ4v) is 3.30. The predicted octanol–water partition coefficient (Wildman–Crippen LogP) is 6.28. The van der Waals surface area contributed by atoms with Crippen LogP contribution in [0.2, 0.25) is 5.02 Å². The molecule has 2 nitrogen and oxygen atoms in total. The van der Waals surface area contributed by atoms with Crippen LogP contribution in [0.5, 0.6) is 0 Å². The third-order valence-corrected chi connectivity index (χ3v) is 5.00. The summed E-state index contributed by atoms with van der Waals surface area (Å²) in [5.41, 5.74) is 2.93. The maximum atomic E-state index is 12.0. The third-order valence-electron chi connectivity index (χ3n) is 3.67.